The molecule has 3 aliphatic rings. The number of benzene rings is 2. The van der Waals surface area contributed by atoms with E-state index in [0.717, 1.165) is 0 Å². The first kappa shape index (κ1) is 16.6. The number of nitrogens with zero attached hydrogens (tertiary/aromatic N) is 3. The molecule has 0 N–H and O–H groups in total. The number of aryl methyl sites for hydroxylation is 1. The highest BCUT2D eigenvalue weighted by molar-refractivity contribution is 8.04. The Kier molecular flexibility index (Phi) is 3.19. The van der Waals surface area contributed by atoms with Crippen LogP contribution in [-0.4, -0.2) is 33.6 Å². The Morgan fingerprint density at radius 2 is 1.93 bits per heavy atom. The van der Waals surface area contributed by atoms with E-state index in [1.807, 2.05) is 18.1 Å². The third-order valence-electron chi connectivity index (χ3n) is 6.64. The molecule has 0 radical (unpaired) electrons. The first-order valence-electron chi connectivity index (χ1n) is 10.1. The maximum atomic E-state index is 4.93. The minimum Gasteiger partial charge on any atom is -0.310 e. The van der Waals surface area contributed by atoms with Crippen LogP contribution in [0.2, 0.25) is 0 Å². The van der Waals surface area contributed by atoms with Crippen molar-refractivity contribution in [3.8, 4) is 0 Å². The van der Waals surface area contributed by atoms with Crippen molar-refractivity contribution in [1.29, 1.82) is 0 Å². The molecule has 28 heavy (non-hydrogen) atoms. The zero-order valence-electron chi connectivity index (χ0n) is 16.9. The Labute approximate surface area is 169 Å². The molecule has 3 aromatic rings. The Morgan fingerprint density at radius 1 is 1.14 bits per heavy atom. The summed E-state index contributed by atoms with van der Waals surface area (Å²) in [7, 11) is 2.16. The van der Waals surface area contributed by atoms with Gasteiger partial charge in [0.1, 0.15) is 11.6 Å². The van der Waals surface area contributed by atoms with Gasteiger partial charge in [-0.2, -0.15) is 0 Å². The number of thioether (sulfide) groups is 1. The van der Waals surface area contributed by atoms with Crippen LogP contribution in [0.15, 0.2) is 40.2 Å². The summed E-state index contributed by atoms with van der Waals surface area (Å²) in [6.45, 7) is 9.17. The molecule has 0 spiro atoms. The van der Waals surface area contributed by atoms with E-state index >= 15 is 0 Å². The molecule has 0 saturated heterocycles. The van der Waals surface area contributed by atoms with Crippen molar-refractivity contribution in [2.24, 2.45) is 16.8 Å². The highest BCUT2D eigenvalue weighted by Crippen LogP contribution is 2.55. The zero-order chi connectivity index (χ0) is 19.3. The number of rotatable bonds is 1. The lowest BCUT2D eigenvalue weighted by Gasteiger charge is -2.30. The van der Waals surface area contributed by atoms with Gasteiger partial charge in [-0.3, -0.25) is 0 Å². The first-order chi connectivity index (χ1) is 13.5. The second kappa shape index (κ2) is 5.38. The van der Waals surface area contributed by atoms with E-state index in [2.05, 4.69) is 74.2 Å². The molecular formula is C24H24N3S+. The van der Waals surface area contributed by atoms with Gasteiger partial charge < -0.3 is 4.57 Å². The summed E-state index contributed by atoms with van der Waals surface area (Å²) in [5, 5.41) is 2.98. The summed E-state index contributed by atoms with van der Waals surface area (Å²) in [6.07, 6.45) is 2.04. The van der Waals surface area contributed by atoms with E-state index in [1.54, 1.807) is 0 Å². The van der Waals surface area contributed by atoms with Crippen molar-refractivity contribution in [2.45, 2.75) is 33.1 Å². The van der Waals surface area contributed by atoms with Crippen LogP contribution < -0.4 is 0 Å². The summed E-state index contributed by atoms with van der Waals surface area (Å²) in [6, 6.07) is 11.3. The van der Waals surface area contributed by atoms with Crippen molar-refractivity contribution in [1.82, 2.24) is 4.57 Å². The molecule has 0 fully saturated rings. The van der Waals surface area contributed by atoms with Crippen LogP contribution >= 0.6 is 11.8 Å². The summed E-state index contributed by atoms with van der Waals surface area (Å²) in [4.78, 5) is 6.42. The zero-order valence-corrected chi connectivity index (χ0v) is 17.8. The number of aliphatic imine (C=N–C) groups is 1. The third kappa shape index (κ3) is 1.82. The Morgan fingerprint density at radius 3 is 2.71 bits per heavy atom. The second-order valence-electron chi connectivity index (χ2n) is 8.59. The fraction of sp³-hybridized carbons (Fsp3) is 0.333. The fourth-order valence-electron chi connectivity index (χ4n) is 5.31. The minimum absolute atomic E-state index is 0.253. The molecule has 1 aromatic heterocycles. The first-order valence-corrected chi connectivity index (χ1v) is 10.9. The largest absolute Gasteiger partial charge is 0.310 e. The molecule has 0 saturated carbocycles. The van der Waals surface area contributed by atoms with E-state index in [1.165, 1.54) is 54.8 Å². The maximum Gasteiger partial charge on any atom is 0.281 e. The molecular weight excluding hydrogens is 362 g/mol. The predicted molar refractivity (Wildman–Crippen MR) is 121 cm³/mol. The molecule has 0 aliphatic carbocycles. The van der Waals surface area contributed by atoms with Gasteiger partial charge in [0.15, 0.2) is 0 Å². The van der Waals surface area contributed by atoms with Crippen LogP contribution in [0.1, 0.15) is 30.5 Å². The summed E-state index contributed by atoms with van der Waals surface area (Å²) >= 11 is 1.97. The van der Waals surface area contributed by atoms with Crippen LogP contribution in [0.25, 0.3) is 27.5 Å². The highest BCUT2D eigenvalue weighted by atomic mass is 32.2. The molecule has 0 amide bonds. The summed E-state index contributed by atoms with van der Waals surface area (Å²) in [5.74, 6) is 0.820. The van der Waals surface area contributed by atoms with Gasteiger partial charge in [-0.25, -0.2) is 4.58 Å². The van der Waals surface area contributed by atoms with E-state index < -0.39 is 0 Å². The molecule has 0 bridgehead atoms. The van der Waals surface area contributed by atoms with Crippen molar-refractivity contribution in [3.63, 3.8) is 0 Å². The van der Waals surface area contributed by atoms with Gasteiger partial charge in [-0.15, -0.1) is 0 Å². The second-order valence-corrected chi connectivity index (χ2v) is 9.75. The molecule has 4 heterocycles. The summed E-state index contributed by atoms with van der Waals surface area (Å²) in [5.41, 5.74) is 9.79. The molecule has 3 nitrogen and oxygen atoms in total. The van der Waals surface area contributed by atoms with Crippen molar-refractivity contribution in [3.05, 3.63) is 51.9 Å². The van der Waals surface area contributed by atoms with Gasteiger partial charge in [0.25, 0.3) is 6.34 Å². The third-order valence-corrected chi connectivity index (χ3v) is 8.21. The molecule has 2 atom stereocenters. The lowest BCUT2D eigenvalue weighted by Crippen LogP contribution is -2.39. The van der Waals surface area contributed by atoms with Crippen LogP contribution in [0, 0.1) is 25.7 Å². The number of allylic oxidation sites excluding steroid dienone is 1. The predicted octanol–water partition coefficient (Wildman–Crippen LogP) is 5.41. The van der Waals surface area contributed by atoms with Gasteiger partial charge in [-0.05, 0) is 43.0 Å². The standard InChI is InChI=1S/C24H24N3S/c1-12(2)23-22-19-21(26(5)11-25-24(19)28-23)18-14(4)13(3)10-16-15-8-6-7-9-17(15)27(22)20(16)18/h6-12,19,24H,1-5H3/q+1. The molecule has 4 heteroatoms. The average Bonchev–Trinajstić information content (AvgIpc) is 3.21. The van der Waals surface area contributed by atoms with Gasteiger partial charge in [0.2, 0.25) is 5.37 Å². The molecule has 2 aromatic carbocycles. The fourth-order valence-corrected chi connectivity index (χ4v) is 6.69. The van der Waals surface area contributed by atoms with E-state index in [0.29, 0.717) is 11.8 Å². The molecule has 6 rings (SSSR count). The Balaban J connectivity index is 1.93. The quantitative estimate of drug-likeness (QED) is 0.512. The van der Waals surface area contributed by atoms with Crippen molar-refractivity contribution < 1.29 is 4.58 Å². The van der Waals surface area contributed by atoms with Crippen molar-refractivity contribution in [2.75, 3.05) is 7.05 Å². The van der Waals surface area contributed by atoms with Gasteiger partial charge >= 0.3 is 0 Å². The molecule has 2 unspecified atom stereocenters. The lowest BCUT2D eigenvalue weighted by atomic mass is 9.83. The number of hydrogen-bond donors (Lipinski definition) is 0. The highest BCUT2D eigenvalue weighted by Gasteiger charge is 2.51. The van der Waals surface area contributed by atoms with Gasteiger partial charge in [0, 0.05) is 26.9 Å². The normalized spacial score (nSPS) is 22.9. The number of hydrogen-bond acceptors (Lipinski definition) is 2. The summed E-state index contributed by atoms with van der Waals surface area (Å²) < 4.78 is 4.85. The van der Waals surface area contributed by atoms with E-state index in [4.69, 9.17) is 4.99 Å². The smallest absolute Gasteiger partial charge is 0.281 e. The number of fused-ring (bicyclic) bond motifs is 5. The molecule has 140 valence electrons. The number of para-hydroxylation sites is 1. The topological polar surface area (TPSA) is 20.3 Å². The number of aromatic nitrogens is 1. The van der Waals surface area contributed by atoms with Gasteiger partial charge in [-0.1, -0.05) is 48.8 Å². The average molecular weight is 387 g/mol. The van der Waals surface area contributed by atoms with E-state index in [-0.39, 0.29) is 5.37 Å². The van der Waals surface area contributed by atoms with Gasteiger partial charge in [0.05, 0.1) is 18.1 Å². The maximum absolute atomic E-state index is 4.93. The van der Waals surface area contributed by atoms with Crippen LogP contribution in [-0.2, 0) is 0 Å². The van der Waals surface area contributed by atoms with Crippen LogP contribution in [0.4, 0.5) is 0 Å². The van der Waals surface area contributed by atoms with Crippen LogP contribution in [0.3, 0.4) is 0 Å². The van der Waals surface area contributed by atoms with E-state index in [9.17, 15) is 0 Å². The molecule has 3 aliphatic heterocycles. The lowest BCUT2D eigenvalue weighted by molar-refractivity contribution is -0.364. The van der Waals surface area contributed by atoms with Crippen LogP contribution in [0.5, 0.6) is 0 Å². The monoisotopic (exact) mass is 386 g/mol. The Bertz CT molecular complexity index is 1300. The van der Waals surface area contributed by atoms with Crippen molar-refractivity contribution >= 4 is 51.3 Å². The minimum atomic E-state index is 0.253. The SMILES string of the molecule is Cc1cc2c3ccccc3n3c2c(c1C)C1=[N+](C)C=NC2SC(C(C)C)=C3C12. The Hall–Kier alpha value is -2.33.